The van der Waals surface area contributed by atoms with E-state index in [4.69, 9.17) is 6.42 Å². The predicted molar refractivity (Wildman–Crippen MR) is 91.1 cm³/mol. The Morgan fingerprint density at radius 2 is 2.04 bits per heavy atom. The van der Waals surface area contributed by atoms with Crippen molar-refractivity contribution < 1.29 is 10.2 Å². The summed E-state index contributed by atoms with van der Waals surface area (Å²) in [5.74, 6) is 5.32. The van der Waals surface area contributed by atoms with Gasteiger partial charge in [0.25, 0.3) is 0 Å². The van der Waals surface area contributed by atoms with Crippen molar-refractivity contribution in [2.45, 2.75) is 57.5 Å². The summed E-state index contributed by atoms with van der Waals surface area (Å²) in [5.41, 5.74) is 1.65. The lowest BCUT2D eigenvalue weighted by molar-refractivity contribution is -0.0733. The molecule has 2 heteroatoms. The van der Waals surface area contributed by atoms with E-state index in [9.17, 15) is 10.2 Å². The van der Waals surface area contributed by atoms with Crippen molar-refractivity contribution in [1.82, 2.24) is 0 Å². The first kappa shape index (κ1) is 15.1. The number of hydrogen-bond donors (Lipinski definition) is 2. The Kier molecular flexibility index (Phi) is 3.13. The highest BCUT2D eigenvalue weighted by Gasteiger charge is 2.62. The van der Waals surface area contributed by atoms with Crippen molar-refractivity contribution in [2.24, 2.45) is 23.2 Å². The highest BCUT2D eigenvalue weighted by Crippen LogP contribution is 2.65. The fourth-order valence-electron chi connectivity index (χ4n) is 6.22. The number of rotatable bonds is 0. The highest BCUT2D eigenvalue weighted by molar-refractivity contribution is 5.41. The van der Waals surface area contributed by atoms with Gasteiger partial charge in [0.1, 0.15) is 11.4 Å². The molecule has 122 valence electrons. The van der Waals surface area contributed by atoms with Gasteiger partial charge in [-0.05, 0) is 79.0 Å². The second-order valence-corrected chi connectivity index (χ2v) is 8.35. The average Bonchev–Trinajstić information content (AvgIpc) is 2.79. The van der Waals surface area contributed by atoms with Crippen molar-refractivity contribution in [1.29, 1.82) is 0 Å². The first-order valence-corrected chi connectivity index (χ1v) is 8.91. The van der Waals surface area contributed by atoms with Crippen LogP contribution in [0.5, 0.6) is 5.75 Å². The van der Waals surface area contributed by atoms with Crippen LogP contribution in [0.25, 0.3) is 0 Å². The molecule has 0 saturated heterocycles. The number of aliphatic hydroxyl groups is 1. The van der Waals surface area contributed by atoms with Gasteiger partial charge in [0.05, 0.1) is 0 Å². The van der Waals surface area contributed by atoms with Gasteiger partial charge >= 0.3 is 0 Å². The molecule has 2 saturated carbocycles. The molecular weight excluding hydrogens is 284 g/mol. The summed E-state index contributed by atoms with van der Waals surface area (Å²) in [5, 5.41) is 20.8. The molecule has 0 aromatic heterocycles. The second kappa shape index (κ2) is 4.77. The first-order valence-electron chi connectivity index (χ1n) is 8.91. The van der Waals surface area contributed by atoms with E-state index in [2.05, 4.69) is 25.8 Å². The second-order valence-electron chi connectivity index (χ2n) is 8.35. The van der Waals surface area contributed by atoms with E-state index in [-0.39, 0.29) is 5.41 Å². The summed E-state index contributed by atoms with van der Waals surface area (Å²) in [4.78, 5) is 0. The van der Waals surface area contributed by atoms with Crippen molar-refractivity contribution in [3.05, 3.63) is 29.3 Å². The molecule has 0 aliphatic heterocycles. The molecule has 2 nitrogen and oxygen atoms in total. The minimum Gasteiger partial charge on any atom is -0.508 e. The Hall–Kier alpha value is -1.46. The maximum absolute atomic E-state index is 11.0. The van der Waals surface area contributed by atoms with Crippen LogP contribution in [0.15, 0.2) is 18.2 Å². The maximum atomic E-state index is 11.0. The smallest absolute Gasteiger partial charge is 0.130 e. The van der Waals surface area contributed by atoms with E-state index in [1.807, 2.05) is 12.1 Å². The largest absolute Gasteiger partial charge is 0.508 e. The first-order chi connectivity index (χ1) is 10.9. The summed E-state index contributed by atoms with van der Waals surface area (Å²) in [7, 11) is 0. The molecule has 4 rings (SSSR count). The van der Waals surface area contributed by atoms with Crippen molar-refractivity contribution >= 4 is 0 Å². The third-order valence-electron chi connectivity index (χ3n) is 7.45. The Morgan fingerprint density at radius 1 is 1.26 bits per heavy atom. The van der Waals surface area contributed by atoms with Crippen molar-refractivity contribution in [2.75, 3.05) is 0 Å². The van der Waals surface area contributed by atoms with Crippen LogP contribution in [0.3, 0.4) is 0 Å². The average molecular weight is 310 g/mol. The number of terminal acetylenes is 1. The highest BCUT2D eigenvalue weighted by atomic mass is 16.3. The van der Waals surface area contributed by atoms with Crippen LogP contribution >= 0.6 is 0 Å². The summed E-state index contributed by atoms with van der Waals surface area (Å²) in [6.45, 7) is 4.56. The Bertz CT molecular complexity index is 688. The number of aromatic hydroxyl groups is 1. The molecule has 23 heavy (non-hydrogen) atoms. The third kappa shape index (κ3) is 1.86. The van der Waals surface area contributed by atoms with Crippen LogP contribution < -0.4 is 0 Å². The van der Waals surface area contributed by atoms with E-state index < -0.39 is 5.60 Å². The number of phenolic OH excluding ortho intramolecular Hbond substituents is 1. The van der Waals surface area contributed by atoms with E-state index >= 15 is 0 Å². The lowest BCUT2D eigenvalue weighted by atomic mass is 9.51. The predicted octanol–water partition coefficient (Wildman–Crippen LogP) is 3.86. The van der Waals surface area contributed by atoms with Gasteiger partial charge in [-0.15, -0.1) is 6.42 Å². The van der Waals surface area contributed by atoms with Gasteiger partial charge in [-0.3, -0.25) is 0 Å². The molecule has 1 aromatic carbocycles. The molecule has 2 N–H and O–H groups in total. The normalized spacial score (nSPS) is 44.8. The maximum Gasteiger partial charge on any atom is 0.130 e. The Labute approximate surface area is 138 Å². The van der Waals surface area contributed by atoms with E-state index in [0.29, 0.717) is 29.4 Å². The van der Waals surface area contributed by atoms with Crippen LogP contribution in [0.2, 0.25) is 0 Å². The molecule has 1 unspecified atom stereocenters. The molecule has 0 bridgehead atoms. The molecule has 0 amide bonds. The molecule has 6 atom stereocenters. The zero-order valence-corrected chi connectivity index (χ0v) is 14.0. The fraction of sp³-hybridized carbons (Fsp3) is 0.619. The van der Waals surface area contributed by atoms with Gasteiger partial charge in [-0.1, -0.05) is 25.8 Å². The quantitative estimate of drug-likeness (QED) is 0.714. The number of benzene rings is 1. The van der Waals surface area contributed by atoms with Gasteiger partial charge in [0, 0.05) is 5.41 Å². The van der Waals surface area contributed by atoms with Crippen LogP contribution in [0.1, 0.15) is 56.6 Å². The molecule has 3 aliphatic carbocycles. The fourth-order valence-corrected chi connectivity index (χ4v) is 6.22. The van der Waals surface area contributed by atoms with Gasteiger partial charge in [0.2, 0.25) is 0 Å². The van der Waals surface area contributed by atoms with E-state index in [1.165, 1.54) is 11.1 Å². The van der Waals surface area contributed by atoms with Gasteiger partial charge in [-0.25, -0.2) is 0 Å². The summed E-state index contributed by atoms with van der Waals surface area (Å²) in [6, 6.07) is 5.90. The molecule has 0 heterocycles. The Morgan fingerprint density at radius 3 is 2.78 bits per heavy atom. The van der Waals surface area contributed by atoms with Crippen molar-refractivity contribution in [3.63, 3.8) is 0 Å². The number of hydrogen-bond acceptors (Lipinski definition) is 2. The lowest BCUT2D eigenvalue weighted by Crippen LogP contribution is -2.51. The summed E-state index contributed by atoms with van der Waals surface area (Å²) < 4.78 is 0. The van der Waals surface area contributed by atoms with E-state index in [0.717, 1.165) is 32.1 Å². The van der Waals surface area contributed by atoms with Crippen LogP contribution in [-0.2, 0) is 6.42 Å². The van der Waals surface area contributed by atoms with Gasteiger partial charge < -0.3 is 10.2 Å². The molecule has 0 spiro atoms. The van der Waals surface area contributed by atoms with Crippen LogP contribution in [0.4, 0.5) is 0 Å². The van der Waals surface area contributed by atoms with E-state index in [1.54, 1.807) is 0 Å². The minimum atomic E-state index is -0.933. The van der Waals surface area contributed by atoms with Crippen LogP contribution in [0, 0.1) is 35.5 Å². The SMILES string of the molecule is C#C[C@@]1(O)CC[C@H]2[C@@H]3C(C)Cc4cc(O)ccc4[C@H]3CC[C@@]21C. The molecule has 1 aromatic rings. The molecule has 0 radical (unpaired) electrons. The van der Waals surface area contributed by atoms with Gasteiger partial charge in [0.15, 0.2) is 0 Å². The number of phenols is 1. The standard InChI is InChI=1S/C21H26O2/c1-4-21(23)10-8-18-19-13(2)11-14-12-15(22)5-6-16(14)17(19)7-9-20(18,21)3/h1,5-6,12-13,17-19,22-23H,7-11H2,2-3H3/t13?,17-,18+,19-,20+,21-/m1/s1. The third-order valence-corrected chi connectivity index (χ3v) is 7.45. The monoisotopic (exact) mass is 310 g/mol. The molecular formula is C21H26O2. The number of fused-ring (bicyclic) bond motifs is 5. The van der Waals surface area contributed by atoms with Crippen molar-refractivity contribution in [3.8, 4) is 18.1 Å². The molecule has 3 aliphatic rings. The minimum absolute atomic E-state index is 0.147. The Balaban J connectivity index is 1.77. The zero-order chi connectivity index (χ0) is 16.4. The van der Waals surface area contributed by atoms with Crippen LogP contribution in [-0.4, -0.2) is 15.8 Å². The zero-order valence-electron chi connectivity index (χ0n) is 14.0. The topological polar surface area (TPSA) is 40.5 Å². The summed E-state index contributed by atoms with van der Waals surface area (Å²) in [6.07, 6.45) is 10.6. The lowest BCUT2D eigenvalue weighted by Gasteiger charge is -2.54. The molecule has 2 fully saturated rings. The summed E-state index contributed by atoms with van der Waals surface area (Å²) >= 11 is 0. The van der Waals surface area contributed by atoms with Gasteiger partial charge in [-0.2, -0.15) is 0 Å².